The lowest BCUT2D eigenvalue weighted by Gasteiger charge is -2.26. The van der Waals surface area contributed by atoms with E-state index in [9.17, 15) is 9.59 Å². The van der Waals surface area contributed by atoms with Gasteiger partial charge in [0.25, 0.3) is 11.5 Å². The number of carbonyl (C=O) groups is 1. The largest absolute Gasteiger partial charge is 0.396 e. The molecule has 0 radical (unpaired) electrons. The van der Waals surface area contributed by atoms with Crippen molar-refractivity contribution in [2.24, 2.45) is 0 Å². The van der Waals surface area contributed by atoms with E-state index in [0.29, 0.717) is 44.6 Å². The third kappa shape index (κ3) is 4.57. The molecule has 2 aromatic heterocycles. The molecule has 5 aromatic rings. The van der Waals surface area contributed by atoms with Gasteiger partial charge in [0.05, 0.1) is 35.6 Å². The van der Waals surface area contributed by atoms with Gasteiger partial charge < -0.3 is 25.8 Å². The fourth-order valence-corrected chi connectivity index (χ4v) is 4.65. The van der Waals surface area contributed by atoms with Crippen molar-refractivity contribution in [3.63, 3.8) is 0 Å². The number of ether oxygens (including phenoxy) is 1. The topological polar surface area (TPSA) is 129 Å². The molecule has 3 heterocycles. The standard InChI is InChI=1S/C28H26N6O3/c29-24-20-15-18(27(35)30-19-8-5-17(6-9-19)16-34-11-13-37-14-12-34)7-10-21(20)31-25(24)26-28(36)33-23-4-2-1-3-22(23)32-26/h1-10,15,31H,11-14,16,29H2,(H,30,35)(H,33,36). The van der Waals surface area contributed by atoms with Gasteiger partial charge in [-0.3, -0.25) is 14.5 Å². The molecule has 3 aromatic carbocycles. The number of benzene rings is 3. The van der Waals surface area contributed by atoms with Gasteiger partial charge in [-0.15, -0.1) is 0 Å². The minimum atomic E-state index is -0.341. The Labute approximate surface area is 212 Å². The molecule has 0 aliphatic carbocycles. The molecular formula is C28H26N6O3. The van der Waals surface area contributed by atoms with Gasteiger partial charge in [-0.25, -0.2) is 4.98 Å². The molecule has 1 aliphatic rings. The normalized spacial score (nSPS) is 14.3. The lowest BCUT2D eigenvalue weighted by molar-refractivity contribution is 0.0342. The van der Waals surface area contributed by atoms with E-state index in [1.807, 2.05) is 42.5 Å². The molecule has 0 bridgehead atoms. The molecule has 186 valence electrons. The predicted octanol–water partition coefficient (Wildman–Crippen LogP) is 3.74. The third-order valence-electron chi connectivity index (χ3n) is 6.66. The van der Waals surface area contributed by atoms with Crippen molar-refractivity contribution in [2.45, 2.75) is 6.54 Å². The number of aromatic amines is 2. The van der Waals surface area contributed by atoms with E-state index >= 15 is 0 Å². The van der Waals surface area contributed by atoms with E-state index in [0.717, 1.165) is 32.8 Å². The molecule has 37 heavy (non-hydrogen) atoms. The summed E-state index contributed by atoms with van der Waals surface area (Å²) in [6.45, 7) is 4.24. The van der Waals surface area contributed by atoms with Crippen molar-refractivity contribution in [3.05, 3.63) is 88.2 Å². The van der Waals surface area contributed by atoms with E-state index in [4.69, 9.17) is 10.5 Å². The van der Waals surface area contributed by atoms with Crippen LogP contribution in [-0.2, 0) is 11.3 Å². The molecule has 9 heteroatoms. The number of nitrogens with zero attached hydrogens (tertiary/aromatic N) is 2. The van der Waals surface area contributed by atoms with E-state index in [2.05, 4.69) is 25.2 Å². The van der Waals surface area contributed by atoms with E-state index < -0.39 is 0 Å². The molecule has 0 atom stereocenters. The number of rotatable bonds is 5. The first-order valence-electron chi connectivity index (χ1n) is 12.2. The summed E-state index contributed by atoms with van der Waals surface area (Å²) >= 11 is 0. The maximum atomic E-state index is 13.0. The van der Waals surface area contributed by atoms with Gasteiger partial charge in [0.1, 0.15) is 0 Å². The maximum Gasteiger partial charge on any atom is 0.276 e. The number of para-hydroxylation sites is 2. The van der Waals surface area contributed by atoms with Gasteiger partial charge in [0, 0.05) is 41.8 Å². The number of fused-ring (bicyclic) bond motifs is 2. The first-order chi connectivity index (χ1) is 18.0. The lowest BCUT2D eigenvalue weighted by atomic mass is 10.1. The van der Waals surface area contributed by atoms with Crippen LogP contribution in [0.1, 0.15) is 15.9 Å². The number of amides is 1. The van der Waals surface area contributed by atoms with Crippen molar-refractivity contribution < 1.29 is 9.53 Å². The summed E-state index contributed by atoms with van der Waals surface area (Å²) in [5.74, 6) is -0.244. The number of hydrogen-bond acceptors (Lipinski definition) is 6. The molecule has 1 aliphatic heterocycles. The number of carbonyl (C=O) groups excluding carboxylic acids is 1. The van der Waals surface area contributed by atoms with Gasteiger partial charge in [-0.2, -0.15) is 0 Å². The zero-order chi connectivity index (χ0) is 25.4. The first-order valence-corrected chi connectivity index (χ1v) is 12.2. The predicted molar refractivity (Wildman–Crippen MR) is 145 cm³/mol. The zero-order valence-electron chi connectivity index (χ0n) is 20.1. The summed E-state index contributed by atoms with van der Waals surface area (Å²) in [6.07, 6.45) is 0. The number of anilines is 2. The Morgan fingerprint density at radius 2 is 1.78 bits per heavy atom. The SMILES string of the molecule is Nc1c(-c2nc3ccccc3[nH]c2=O)[nH]c2ccc(C(=O)Nc3ccc(CN4CCOCC4)cc3)cc12. The number of morpholine rings is 1. The van der Waals surface area contributed by atoms with Gasteiger partial charge in [0.15, 0.2) is 5.69 Å². The molecular weight excluding hydrogens is 468 g/mol. The van der Waals surface area contributed by atoms with Crippen LogP contribution in [0.2, 0.25) is 0 Å². The van der Waals surface area contributed by atoms with Crippen LogP contribution < -0.4 is 16.6 Å². The summed E-state index contributed by atoms with van der Waals surface area (Å²) in [7, 11) is 0. The van der Waals surface area contributed by atoms with Gasteiger partial charge in [-0.05, 0) is 48.0 Å². The van der Waals surface area contributed by atoms with Crippen LogP contribution in [0, 0.1) is 0 Å². The Morgan fingerprint density at radius 1 is 1.00 bits per heavy atom. The van der Waals surface area contributed by atoms with Crippen molar-refractivity contribution in [3.8, 4) is 11.4 Å². The highest BCUT2D eigenvalue weighted by Gasteiger charge is 2.18. The highest BCUT2D eigenvalue weighted by atomic mass is 16.5. The summed E-state index contributed by atoms with van der Waals surface area (Å²) < 4.78 is 5.40. The van der Waals surface area contributed by atoms with E-state index in [-0.39, 0.29) is 17.2 Å². The summed E-state index contributed by atoms with van der Waals surface area (Å²) in [5.41, 5.74) is 11.5. The number of nitrogen functional groups attached to an aromatic ring is 1. The van der Waals surface area contributed by atoms with E-state index in [1.165, 1.54) is 5.56 Å². The van der Waals surface area contributed by atoms with Crippen molar-refractivity contribution in [2.75, 3.05) is 37.4 Å². The first kappa shape index (κ1) is 23.0. The Kier molecular flexibility index (Phi) is 5.91. The average molecular weight is 495 g/mol. The number of nitrogens with two attached hydrogens (primary N) is 1. The molecule has 1 saturated heterocycles. The number of aromatic nitrogens is 3. The lowest BCUT2D eigenvalue weighted by Crippen LogP contribution is -2.35. The van der Waals surface area contributed by atoms with Crippen LogP contribution in [0.25, 0.3) is 33.3 Å². The summed E-state index contributed by atoms with van der Waals surface area (Å²) in [6, 6.07) is 20.4. The highest BCUT2D eigenvalue weighted by Crippen LogP contribution is 2.31. The summed E-state index contributed by atoms with van der Waals surface area (Å²) in [4.78, 5) is 38.6. The maximum absolute atomic E-state index is 13.0. The number of H-pyrrole nitrogens is 2. The highest BCUT2D eigenvalue weighted by molar-refractivity contribution is 6.09. The Hall–Kier alpha value is -4.47. The Morgan fingerprint density at radius 3 is 2.59 bits per heavy atom. The molecule has 1 fully saturated rings. The van der Waals surface area contributed by atoms with Crippen molar-refractivity contribution in [1.29, 1.82) is 0 Å². The van der Waals surface area contributed by atoms with Crippen LogP contribution in [0.15, 0.2) is 71.5 Å². The smallest absolute Gasteiger partial charge is 0.276 e. The average Bonchev–Trinajstić information content (AvgIpc) is 3.25. The molecule has 9 nitrogen and oxygen atoms in total. The molecule has 6 rings (SSSR count). The molecule has 0 spiro atoms. The second-order valence-corrected chi connectivity index (χ2v) is 9.15. The second kappa shape index (κ2) is 9.53. The van der Waals surface area contributed by atoms with Crippen LogP contribution in [-0.4, -0.2) is 52.1 Å². The third-order valence-corrected chi connectivity index (χ3v) is 6.66. The van der Waals surface area contributed by atoms with Crippen LogP contribution in [0.3, 0.4) is 0 Å². The minimum absolute atomic E-state index is 0.204. The zero-order valence-corrected chi connectivity index (χ0v) is 20.1. The Balaban J connectivity index is 1.23. The van der Waals surface area contributed by atoms with E-state index in [1.54, 1.807) is 24.3 Å². The molecule has 1 amide bonds. The van der Waals surface area contributed by atoms with Gasteiger partial charge >= 0.3 is 0 Å². The van der Waals surface area contributed by atoms with Crippen LogP contribution >= 0.6 is 0 Å². The molecule has 0 unspecified atom stereocenters. The quantitative estimate of drug-likeness (QED) is 0.295. The summed E-state index contributed by atoms with van der Waals surface area (Å²) in [5, 5.41) is 3.60. The van der Waals surface area contributed by atoms with Crippen molar-refractivity contribution >= 4 is 39.2 Å². The fourth-order valence-electron chi connectivity index (χ4n) is 4.65. The van der Waals surface area contributed by atoms with Crippen LogP contribution in [0.5, 0.6) is 0 Å². The minimum Gasteiger partial charge on any atom is -0.396 e. The molecule has 0 saturated carbocycles. The number of nitrogens with one attached hydrogen (secondary N) is 3. The fraction of sp³-hybridized carbons (Fsp3) is 0.179. The second-order valence-electron chi connectivity index (χ2n) is 9.15. The van der Waals surface area contributed by atoms with Gasteiger partial charge in [-0.1, -0.05) is 24.3 Å². The Bertz CT molecular complexity index is 1670. The van der Waals surface area contributed by atoms with Crippen molar-refractivity contribution in [1.82, 2.24) is 19.9 Å². The van der Waals surface area contributed by atoms with Gasteiger partial charge in [0.2, 0.25) is 0 Å². The molecule has 5 N–H and O–H groups in total. The monoisotopic (exact) mass is 494 g/mol. The number of hydrogen-bond donors (Lipinski definition) is 4. The van der Waals surface area contributed by atoms with Crippen LogP contribution in [0.4, 0.5) is 11.4 Å².